The van der Waals surface area contributed by atoms with Crippen LogP contribution < -0.4 is 5.32 Å². The molecule has 1 heterocycles. The second-order valence-corrected chi connectivity index (χ2v) is 4.49. The van der Waals surface area contributed by atoms with Crippen LogP contribution in [0.5, 0.6) is 0 Å². The van der Waals surface area contributed by atoms with Gasteiger partial charge in [-0.3, -0.25) is 10.1 Å². The Kier molecular flexibility index (Phi) is 5.61. The van der Waals surface area contributed by atoms with Gasteiger partial charge in [-0.05, 0) is 26.9 Å². The molecule has 0 aromatic carbocycles. The fourth-order valence-corrected chi connectivity index (χ4v) is 1.92. The van der Waals surface area contributed by atoms with E-state index in [1.54, 1.807) is 7.05 Å². The number of hydrogen-bond acceptors (Lipinski definition) is 6. The van der Waals surface area contributed by atoms with Crippen molar-refractivity contribution in [1.29, 1.82) is 0 Å². The predicted molar refractivity (Wildman–Crippen MR) is 70.1 cm³/mol. The molecule has 0 saturated heterocycles. The molecule has 8 heteroatoms. The minimum absolute atomic E-state index is 0.0425. The second kappa shape index (κ2) is 6.76. The summed E-state index contributed by atoms with van der Waals surface area (Å²) in [5, 5.41) is 33.4. The number of aryl methyl sites for hydroxylation is 1. The van der Waals surface area contributed by atoms with Gasteiger partial charge in [0, 0.05) is 11.6 Å². The Hall–Kier alpha value is -1.28. The van der Waals surface area contributed by atoms with Gasteiger partial charge in [-0.1, -0.05) is 11.6 Å². The molecule has 0 aliphatic rings. The molecule has 106 valence electrons. The average molecular weight is 290 g/mol. The molecule has 0 spiro atoms. The minimum Gasteiger partial charge on any atom is -0.390 e. The van der Waals surface area contributed by atoms with E-state index >= 15 is 0 Å². The van der Waals surface area contributed by atoms with Crippen LogP contribution in [-0.4, -0.2) is 39.8 Å². The number of aliphatic hydroxyl groups excluding tert-OH is 2. The molecular formula is C11H16ClN3O4. The zero-order valence-corrected chi connectivity index (χ0v) is 11.4. The van der Waals surface area contributed by atoms with E-state index in [1.165, 1.54) is 6.92 Å². The van der Waals surface area contributed by atoms with Gasteiger partial charge in [0.05, 0.1) is 11.0 Å². The van der Waals surface area contributed by atoms with E-state index in [0.29, 0.717) is 6.54 Å². The number of rotatable bonds is 6. The Morgan fingerprint density at radius 3 is 2.74 bits per heavy atom. The topological polar surface area (TPSA) is 109 Å². The molecule has 1 aromatic rings. The number of aromatic nitrogens is 1. The summed E-state index contributed by atoms with van der Waals surface area (Å²) in [7, 11) is 1.71. The lowest BCUT2D eigenvalue weighted by Gasteiger charge is -2.18. The van der Waals surface area contributed by atoms with Crippen LogP contribution in [0.3, 0.4) is 0 Å². The zero-order chi connectivity index (χ0) is 14.6. The molecule has 3 N–H and O–H groups in total. The summed E-state index contributed by atoms with van der Waals surface area (Å²) in [4.78, 5) is 14.0. The van der Waals surface area contributed by atoms with Crippen LogP contribution in [0, 0.1) is 17.0 Å². The van der Waals surface area contributed by atoms with Crippen molar-refractivity contribution in [2.45, 2.75) is 25.6 Å². The summed E-state index contributed by atoms with van der Waals surface area (Å²) in [5.74, 6) is 0. The van der Waals surface area contributed by atoms with Gasteiger partial charge in [-0.15, -0.1) is 0 Å². The highest BCUT2D eigenvalue weighted by Crippen LogP contribution is 2.30. The summed E-state index contributed by atoms with van der Waals surface area (Å²) < 4.78 is 0. The van der Waals surface area contributed by atoms with Crippen molar-refractivity contribution in [1.82, 2.24) is 10.3 Å². The number of hydrogen-bond donors (Lipinski definition) is 3. The molecule has 0 aliphatic carbocycles. The third-order valence-corrected chi connectivity index (χ3v) is 3.04. The number of halogens is 1. The highest BCUT2D eigenvalue weighted by Gasteiger charge is 2.25. The smallest absolute Gasteiger partial charge is 0.290 e. The largest absolute Gasteiger partial charge is 0.390 e. The molecule has 0 aliphatic heterocycles. The van der Waals surface area contributed by atoms with E-state index in [2.05, 4.69) is 10.3 Å². The van der Waals surface area contributed by atoms with Crippen molar-refractivity contribution in [3.05, 3.63) is 32.6 Å². The van der Waals surface area contributed by atoms with E-state index in [-0.39, 0.29) is 28.5 Å². The molecule has 0 bridgehead atoms. The normalized spacial score (nSPS) is 14.2. The van der Waals surface area contributed by atoms with Gasteiger partial charge in [-0.2, -0.15) is 0 Å². The molecule has 7 nitrogen and oxygen atoms in total. The first-order valence-corrected chi connectivity index (χ1v) is 6.08. The van der Waals surface area contributed by atoms with Crippen LogP contribution in [0.2, 0.25) is 5.15 Å². The van der Waals surface area contributed by atoms with Gasteiger partial charge in [0.1, 0.15) is 17.0 Å². The lowest BCUT2D eigenvalue weighted by molar-refractivity contribution is -0.385. The summed E-state index contributed by atoms with van der Waals surface area (Å²) in [5.41, 5.74) is -0.0162. The molecular weight excluding hydrogens is 274 g/mol. The van der Waals surface area contributed by atoms with Crippen LogP contribution in [-0.2, 0) is 0 Å². The van der Waals surface area contributed by atoms with Crippen LogP contribution >= 0.6 is 11.6 Å². The third-order valence-electron chi connectivity index (χ3n) is 2.74. The first-order chi connectivity index (χ1) is 8.88. The maximum Gasteiger partial charge on any atom is 0.290 e. The molecule has 0 radical (unpaired) electrons. The lowest BCUT2D eigenvalue weighted by Crippen LogP contribution is -2.23. The van der Waals surface area contributed by atoms with Gasteiger partial charge in [-0.25, -0.2) is 4.98 Å². The number of nitrogens with one attached hydrogen (secondary N) is 1. The molecule has 2 unspecified atom stereocenters. The minimum atomic E-state index is -1.31. The molecule has 2 atom stereocenters. The van der Waals surface area contributed by atoms with E-state index in [0.717, 1.165) is 6.07 Å². The first kappa shape index (κ1) is 15.8. The van der Waals surface area contributed by atoms with Crippen molar-refractivity contribution in [2.24, 2.45) is 0 Å². The molecule has 0 amide bonds. The van der Waals surface area contributed by atoms with Gasteiger partial charge in [0.15, 0.2) is 0 Å². The van der Waals surface area contributed by atoms with Gasteiger partial charge >= 0.3 is 0 Å². The molecule has 0 saturated carbocycles. The number of pyridine rings is 1. The SMILES string of the molecule is CNCCC(O)C(O)c1cc([N+](=O)[O-])c(C)nc1Cl. The summed E-state index contributed by atoms with van der Waals surface area (Å²) in [6.07, 6.45) is -2.10. The number of nitrogens with zero attached hydrogens (tertiary/aromatic N) is 2. The molecule has 1 aromatic heterocycles. The first-order valence-electron chi connectivity index (χ1n) is 5.70. The Morgan fingerprint density at radius 2 is 2.21 bits per heavy atom. The van der Waals surface area contributed by atoms with Gasteiger partial charge in [0.2, 0.25) is 0 Å². The fourth-order valence-electron chi connectivity index (χ4n) is 1.63. The summed E-state index contributed by atoms with van der Waals surface area (Å²) in [6.45, 7) is 1.95. The number of nitro groups is 1. The van der Waals surface area contributed by atoms with Gasteiger partial charge in [0.25, 0.3) is 5.69 Å². The second-order valence-electron chi connectivity index (χ2n) is 4.13. The Morgan fingerprint density at radius 1 is 1.58 bits per heavy atom. The highest BCUT2D eigenvalue weighted by atomic mass is 35.5. The number of aliphatic hydroxyl groups is 2. The fraction of sp³-hybridized carbons (Fsp3) is 0.545. The Bertz CT molecular complexity index is 469. The van der Waals surface area contributed by atoms with Crippen LogP contribution in [0.25, 0.3) is 0 Å². The van der Waals surface area contributed by atoms with E-state index in [4.69, 9.17) is 11.6 Å². The maximum atomic E-state index is 10.8. The Balaban J connectivity index is 3.05. The van der Waals surface area contributed by atoms with Crippen molar-refractivity contribution < 1.29 is 15.1 Å². The van der Waals surface area contributed by atoms with Crippen LogP contribution in [0.1, 0.15) is 23.8 Å². The molecule has 19 heavy (non-hydrogen) atoms. The standard InChI is InChI=1S/C11H16ClN3O4/c1-6-8(15(18)19)5-7(11(12)14-6)10(17)9(16)3-4-13-2/h5,9-10,13,16-17H,3-4H2,1-2H3. The third kappa shape index (κ3) is 3.84. The molecule has 0 fully saturated rings. The van der Waals surface area contributed by atoms with Crippen LogP contribution in [0.4, 0.5) is 5.69 Å². The van der Waals surface area contributed by atoms with E-state index in [1.807, 2.05) is 0 Å². The van der Waals surface area contributed by atoms with E-state index < -0.39 is 17.1 Å². The quantitative estimate of drug-likeness (QED) is 0.409. The predicted octanol–water partition coefficient (Wildman–Crippen LogP) is 0.955. The average Bonchev–Trinajstić information content (AvgIpc) is 2.34. The van der Waals surface area contributed by atoms with Crippen molar-refractivity contribution in [3.63, 3.8) is 0 Å². The summed E-state index contributed by atoms with van der Waals surface area (Å²) >= 11 is 5.86. The van der Waals surface area contributed by atoms with Crippen molar-refractivity contribution >= 4 is 17.3 Å². The van der Waals surface area contributed by atoms with Crippen molar-refractivity contribution in [2.75, 3.05) is 13.6 Å². The van der Waals surface area contributed by atoms with Crippen LogP contribution in [0.15, 0.2) is 6.07 Å². The van der Waals surface area contributed by atoms with Crippen molar-refractivity contribution in [3.8, 4) is 0 Å². The zero-order valence-electron chi connectivity index (χ0n) is 10.6. The Labute approximate surface area is 115 Å². The maximum absolute atomic E-state index is 10.8. The molecule has 1 rings (SSSR count). The highest BCUT2D eigenvalue weighted by molar-refractivity contribution is 6.30. The van der Waals surface area contributed by atoms with Gasteiger partial charge < -0.3 is 15.5 Å². The van der Waals surface area contributed by atoms with E-state index in [9.17, 15) is 20.3 Å². The monoisotopic (exact) mass is 289 g/mol. The summed E-state index contributed by atoms with van der Waals surface area (Å²) in [6, 6.07) is 1.15. The lowest BCUT2D eigenvalue weighted by atomic mass is 10.0.